The fourth-order valence-electron chi connectivity index (χ4n) is 2.67. The van der Waals surface area contributed by atoms with Crippen LogP contribution in [0.25, 0.3) is 6.08 Å². The second-order valence-corrected chi connectivity index (χ2v) is 9.37. The van der Waals surface area contributed by atoms with E-state index in [4.69, 9.17) is 0 Å². The largest absolute Gasteiger partial charge is 0.355 e. The van der Waals surface area contributed by atoms with Gasteiger partial charge in [-0.1, -0.05) is 30.3 Å². The van der Waals surface area contributed by atoms with E-state index in [0.29, 0.717) is 11.1 Å². The molecule has 2 aromatic carbocycles. The monoisotopic (exact) mass is 429 g/mol. The minimum Gasteiger partial charge on any atom is -0.355 e. The SMILES string of the molecule is CNC(=O)c1ccc(/C=C/C(=O)NCc2ccccc2S(=O)(=O)NC(C)(C)C)cc1. The molecule has 2 rings (SSSR count). The van der Waals surface area contributed by atoms with Gasteiger partial charge in [0.1, 0.15) is 0 Å². The number of carbonyl (C=O) groups is 2. The molecule has 8 heteroatoms. The van der Waals surface area contributed by atoms with Gasteiger partial charge in [-0.15, -0.1) is 0 Å². The van der Waals surface area contributed by atoms with Crippen LogP contribution in [-0.2, 0) is 21.4 Å². The fourth-order valence-corrected chi connectivity index (χ4v) is 4.33. The molecule has 0 aromatic heterocycles. The van der Waals surface area contributed by atoms with E-state index in [1.54, 1.807) is 76.4 Å². The Labute approximate surface area is 177 Å². The van der Waals surface area contributed by atoms with Crippen LogP contribution in [0.1, 0.15) is 42.3 Å². The molecule has 0 atom stereocenters. The number of nitrogens with one attached hydrogen (secondary N) is 3. The molecule has 0 heterocycles. The van der Waals surface area contributed by atoms with Crippen molar-refractivity contribution in [3.63, 3.8) is 0 Å². The zero-order valence-corrected chi connectivity index (χ0v) is 18.3. The van der Waals surface area contributed by atoms with Crippen LogP contribution >= 0.6 is 0 Å². The van der Waals surface area contributed by atoms with E-state index in [0.717, 1.165) is 5.56 Å². The van der Waals surface area contributed by atoms with Crippen molar-refractivity contribution in [1.29, 1.82) is 0 Å². The number of benzene rings is 2. The van der Waals surface area contributed by atoms with Crippen LogP contribution in [0.4, 0.5) is 0 Å². The van der Waals surface area contributed by atoms with Crippen molar-refractivity contribution >= 4 is 27.9 Å². The molecule has 0 spiro atoms. The summed E-state index contributed by atoms with van der Waals surface area (Å²) in [5.74, 6) is -0.542. The second kappa shape index (κ2) is 9.69. The average Bonchev–Trinajstić information content (AvgIpc) is 2.69. The highest BCUT2D eigenvalue weighted by Crippen LogP contribution is 2.17. The molecule has 0 aliphatic rings. The summed E-state index contributed by atoms with van der Waals surface area (Å²) in [4.78, 5) is 23.9. The zero-order chi connectivity index (χ0) is 22.4. The van der Waals surface area contributed by atoms with Gasteiger partial charge in [-0.05, 0) is 56.2 Å². The van der Waals surface area contributed by atoms with Gasteiger partial charge in [0.2, 0.25) is 15.9 Å². The van der Waals surface area contributed by atoms with E-state index in [2.05, 4.69) is 15.4 Å². The maximum Gasteiger partial charge on any atom is 0.251 e. The second-order valence-electron chi connectivity index (χ2n) is 7.72. The first kappa shape index (κ1) is 23.3. The van der Waals surface area contributed by atoms with Crippen LogP contribution < -0.4 is 15.4 Å². The number of carbonyl (C=O) groups excluding carboxylic acids is 2. The summed E-state index contributed by atoms with van der Waals surface area (Å²) in [6, 6.07) is 13.3. The third kappa shape index (κ3) is 6.82. The summed E-state index contributed by atoms with van der Waals surface area (Å²) < 4.78 is 27.9. The topological polar surface area (TPSA) is 104 Å². The average molecular weight is 430 g/mol. The Morgan fingerprint density at radius 3 is 2.23 bits per heavy atom. The third-order valence-corrected chi connectivity index (χ3v) is 5.84. The molecule has 0 unspecified atom stereocenters. The van der Waals surface area contributed by atoms with Crippen molar-refractivity contribution in [3.8, 4) is 0 Å². The first-order chi connectivity index (χ1) is 14.0. The number of amides is 2. The molecule has 0 saturated heterocycles. The van der Waals surface area contributed by atoms with Crippen molar-refractivity contribution in [2.45, 2.75) is 37.8 Å². The highest BCUT2D eigenvalue weighted by molar-refractivity contribution is 7.89. The summed E-state index contributed by atoms with van der Waals surface area (Å²) >= 11 is 0. The standard InChI is InChI=1S/C22H27N3O4S/c1-22(2,3)25-30(28,29)19-8-6-5-7-18(19)15-24-20(26)14-11-16-9-12-17(13-10-16)21(27)23-4/h5-14,25H,15H2,1-4H3,(H,23,27)(H,24,26)/b14-11+. The maximum atomic E-state index is 12.7. The smallest absolute Gasteiger partial charge is 0.251 e. The van der Waals surface area contributed by atoms with E-state index in [1.165, 1.54) is 12.1 Å². The van der Waals surface area contributed by atoms with Crippen LogP contribution in [0.3, 0.4) is 0 Å². The lowest BCUT2D eigenvalue weighted by atomic mass is 10.1. The van der Waals surface area contributed by atoms with E-state index in [9.17, 15) is 18.0 Å². The quantitative estimate of drug-likeness (QED) is 0.588. The predicted molar refractivity (Wildman–Crippen MR) is 117 cm³/mol. The lowest BCUT2D eigenvalue weighted by Gasteiger charge is -2.21. The molecule has 7 nitrogen and oxygen atoms in total. The normalized spacial score (nSPS) is 12.0. The highest BCUT2D eigenvalue weighted by atomic mass is 32.2. The Balaban J connectivity index is 2.05. The maximum absolute atomic E-state index is 12.7. The van der Waals surface area contributed by atoms with Gasteiger partial charge in [-0.25, -0.2) is 13.1 Å². The van der Waals surface area contributed by atoms with E-state index < -0.39 is 15.6 Å². The van der Waals surface area contributed by atoms with Crippen LogP contribution in [-0.4, -0.2) is 32.8 Å². The molecule has 2 amide bonds. The Morgan fingerprint density at radius 2 is 1.63 bits per heavy atom. The molecule has 160 valence electrons. The summed E-state index contributed by atoms with van der Waals surface area (Å²) in [6.07, 6.45) is 2.98. The Bertz CT molecular complexity index is 1040. The van der Waals surface area contributed by atoms with Gasteiger partial charge in [0.15, 0.2) is 0 Å². The molecule has 2 aromatic rings. The third-order valence-electron chi connectivity index (χ3n) is 3.98. The van der Waals surface area contributed by atoms with E-state index in [1.807, 2.05) is 0 Å². The van der Waals surface area contributed by atoms with Crippen LogP contribution in [0, 0.1) is 0 Å². The Morgan fingerprint density at radius 1 is 1.00 bits per heavy atom. The van der Waals surface area contributed by atoms with E-state index >= 15 is 0 Å². The molecule has 0 bridgehead atoms. The van der Waals surface area contributed by atoms with Crippen molar-refractivity contribution in [1.82, 2.24) is 15.4 Å². The molecule has 0 radical (unpaired) electrons. The van der Waals surface area contributed by atoms with Gasteiger partial charge >= 0.3 is 0 Å². The molecular weight excluding hydrogens is 402 g/mol. The van der Waals surface area contributed by atoms with Crippen LogP contribution in [0.15, 0.2) is 59.5 Å². The summed E-state index contributed by atoms with van der Waals surface area (Å²) in [5, 5.41) is 5.24. The van der Waals surface area contributed by atoms with Crippen molar-refractivity contribution < 1.29 is 18.0 Å². The Kier molecular flexibility index (Phi) is 7.53. The fraction of sp³-hybridized carbons (Fsp3) is 0.273. The van der Waals surface area contributed by atoms with Crippen molar-refractivity contribution in [3.05, 3.63) is 71.3 Å². The molecule has 30 heavy (non-hydrogen) atoms. The number of sulfonamides is 1. The first-order valence-corrected chi connectivity index (χ1v) is 10.9. The summed E-state index contributed by atoms with van der Waals surface area (Å²) in [5.41, 5.74) is 1.16. The molecule has 0 aliphatic heterocycles. The van der Waals surface area contributed by atoms with Gasteiger partial charge in [-0.3, -0.25) is 9.59 Å². The summed E-state index contributed by atoms with van der Waals surface area (Å²) in [6.45, 7) is 5.36. The molecule has 0 saturated carbocycles. The molecule has 3 N–H and O–H groups in total. The first-order valence-electron chi connectivity index (χ1n) is 9.42. The van der Waals surface area contributed by atoms with Crippen LogP contribution in [0.5, 0.6) is 0 Å². The van der Waals surface area contributed by atoms with Crippen molar-refractivity contribution in [2.75, 3.05) is 7.05 Å². The molecule has 0 fully saturated rings. The van der Waals surface area contributed by atoms with Gasteiger partial charge in [0, 0.05) is 30.8 Å². The lowest BCUT2D eigenvalue weighted by molar-refractivity contribution is -0.116. The van der Waals surface area contributed by atoms with Gasteiger partial charge < -0.3 is 10.6 Å². The number of rotatable bonds is 7. The minimum absolute atomic E-state index is 0.0695. The number of hydrogen-bond acceptors (Lipinski definition) is 4. The van der Waals surface area contributed by atoms with Crippen molar-refractivity contribution in [2.24, 2.45) is 0 Å². The lowest BCUT2D eigenvalue weighted by Crippen LogP contribution is -2.41. The predicted octanol–water partition coefficient (Wildman–Crippen LogP) is 2.45. The molecule has 0 aliphatic carbocycles. The van der Waals surface area contributed by atoms with Crippen LogP contribution in [0.2, 0.25) is 0 Å². The molecular formula is C22H27N3O4S. The Hall–Kier alpha value is -2.97. The van der Waals surface area contributed by atoms with Gasteiger partial charge in [0.05, 0.1) is 4.90 Å². The van der Waals surface area contributed by atoms with E-state index in [-0.39, 0.29) is 23.3 Å². The minimum atomic E-state index is -3.72. The number of hydrogen-bond donors (Lipinski definition) is 3. The van der Waals surface area contributed by atoms with Gasteiger partial charge in [-0.2, -0.15) is 0 Å². The van der Waals surface area contributed by atoms with Gasteiger partial charge in [0.25, 0.3) is 5.91 Å². The summed E-state index contributed by atoms with van der Waals surface area (Å²) in [7, 11) is -2.16. The highest BCUT2D eigenvalue weighted by Gasteiger charge is 2.24. The zero-order valence-electron chi connectivity index (χ0n) is 17.5.